The SMILES string of the molecule is CCC1=CC2Cc3nc4c(cc3=CC1)C(C=C(Cl)C=4)C2. The molecule has 2 unspecified atom stereocenters. The first-order chi connectivity index (χ1) is 9.72. The number of nitrogens with zero attached hydrogens (tertiary/aromatic N) is 1. The van der Waals surface area contributed by atoms with E-state index in [2.05, 4.69) is 31.2 Å². The van der Waals surface area contributed by atoms with Crippen LogP contribution in [0.5, 0.6) is 0 Å². The zero-order chi connectivity index (χ0) is 13.7. The van der Waals surface area contributed by atoms with E-state index in [1.165, 1.54) is 16.5 Å². The molecule has 1 aromatic heterocycles. The molecule has 0 radical (unpaired) electrons. The Hall–Kier alpha value is -1.34. The van der Waals surface area contributed by atoms with Crippen molar-refractivity contribution in [1.29, 1.82) is 0 Å². The minimum atomic E-state index is 0.425. The molecule has 1 aliphatic heterocycles. The lowest BCUT2D eigenvalue weighted by Gasteiger charge is -2.28. The summed E-state index contributed by atoms with van der Waals surface area (Å²) in [6.07, 6.45) is 13.5. The lowest BCUT2D eigenvalue weighted by molar-refractivity contribution is 0.521. The molecule has 20 heavy (non-hydrogen) atoms. The van der Waals surface area contributed by atoms with Crippen LogP contribution in [0.2, 0.25) is 0 Å². The second-order valence-electron chi connectivity index (χ2n) is 6.09. The van der Waals surface area contributed by atoms with E-state index < -0.39 is 0 Å². The van der Waals surface area contributed by atoms with Crippen LogP contribution in [0.3, 0.4) is 0 Å². The van der Waals surface area contributed by atoms with E-state index in [0.717, 1.165) is 36.1 Å². The van der Waals surface area contributed by atoms with Gasteiger partial charge in [-0.05, 0) is 54.5 Å². The molecule has 2 heteroatoms. The van der Waals surface area contributed by atoms with Gasteiger partial charge in [0.25, 0.3) is 0 Å². The maximum absolute atomic E-state index is 6.27. The predicted octanol–water partition coefficient (Wildman–Crippen LogP) is 3.17. The molecule has 3 aliphatic carbocycles. The van der Waals surface area contributed by atoms with Crippen LogP contribution in [0.25, 0.3) is 12.2 Å². The number of hydrogen-bond acceptors (Lipinski definition) is 1. The van der Waals surface area contributed by atoms with Crippen molar-refractivity contribution in [2.75, 3.05) is 0 Å². The van der Waals surface area contributed by atoms with Crippen LogP contribution in [-0.4, -0.2) is 4.98 Å². The van der Waals surface area contributed by atoms with Gasteiger partial charge in [-0.3, -0.25) is 4.98 Å². The van der Waals surface area contributed by atoms with Crippen molar-refractivity contribution in [3.63, 3.8) is 0 Å². The van der Waals surface area contributed by atoms with Crippen LogP contribution in [0.15, 0.2) is 28.8 Å². The fraction of sp³-hybridized carbons (Fsp3) is 0.389. The van der Waals surface area contributed by atoms with Gasteiger partial charge in [-0.2, -0.15) is 0 Å². The molecule has 0 saturated carbocycles. The topological polar surface area (TPSA) is 12.9 Å². The molecule has 0 N–H and O–H groups in total. The molecule has 2 atom stereocenters. The summed E-state index contributed by atoms with van der Waals surface area (Å²) in [6, 6.07) is 2.35. The number of hydrogen-bond donors (Lipinski definition) is 0. The van der Waals surface area contributed by atoms with Crippen LogP contribution in [-0.2, 0) is 6.42 Å². The third kappa shape index (κ3) is 1.96. The summed E-state index contributed by atoms with van der Waals surface area (Å²) < 4.78 is 0. The average Bonchev–Trinajstić information content (AvgIpc) is 2.40. The van der Waals surface area contributed by atoms with E-state index in [-0.39, 0.29) is 0 Å². The minimum absolute atomic E-state index is 0.425. The van der Waals surface area contributed by atoms with Crippen molar-refractivity contribution < 1.29 is 0 Å². The quantitative estimate of drug-likeness (QED) is 0.722. The van der Waals surface area contributed by atoms with Crippen LogP contribution < -0.4 is 10.6 Å². The highest BCUT2D eigenvalue weighted by molar-refractivity contribution is 6.34. The van der Waals surface area contributed by atoms with Gasteiger partial charge < -0.3 is 0 Å². The fourth-order valence-corrected chi connectivity index (χ4v) is 3.95. The fourth-order valence-electron chi connectivity index (χ4n) is 3.70. The lowest BCUT2D eigenvalue weighted by atomic mass is 9.79. The molecule has 0 aromatic carbocycles. The molecular weight excluding hydrogens is 266 g/mol. The first kappa shape index (κ1) is 12.4. The smallest absolute Gasteiger partial charge is 0.0686 e. The zero-order valence-electron chi connectivity index (χ0n) is 11.7. The van der Waals surface area contributed by atoms with Gasteiger partial charge in [-0.25, -0.2) is 0 Å². The number of rotatable bonds is 1. The molecular formula is C18H18ClN. The molecule has 2 heterocycles. The van der Waals surface area contributed by atoms with Gasteiger partial charge in [0.15, 0.2) is 0 Å². The molecule has 0 saturated heterocycles. The van der Waals surface area contributed by atoms with Gasteiger partial charge in [0.1, 0.15) is 0 Å². The Kier molecular flexibility index (Phi) is 2.85. The molecule has 0 amide bonds. The molecule has 0 fully saturated rings. The van der Waals surface area contributed by atoms with Crippen molar-refractivity contribution in [2.24, 2.45) is 5.92 Å². The second kappa shape index (κ2) is 4.60. The highest BCUT2D eigenvalue weighted by atomic mass is 35.5. The summed E-state index contributed by atoms with van der Waals surface area (Å²) in [5.41, 5.74) is 4.18. The Morgan fingerprint density at radius 2 is 2.25 bits per heavy atom. The summed E-state index contributed by atoms with van der Waals surface area (Å²) >= 11 is 6.27. The molecule has 5 rings (SSSR count). The average molecular weight is 284 g/mol. The predicted molar refractivity (Wildman–Crippen MR) is 83.9 cm³/mol. The van der Waals surface area contributed by atoms with Crippen LogP contribution in [0, 0.1) is 5.92 Å². The molecule has 6 bridgehead atoms. The summed E-state index contributed by atoms with van der Waals surface area (Å²) in [5.74, 6) is 1.02. The minimum Gasteiger partial charge on any atom is -0.252 e. The zero-order valence-corrected chi connectivity index (χ0v) is 12.5. The van der Waals surface area contributed by atoms with Gasteiger partial charge in [0.2, 0.25) is 0 Å². The first-order valence-corrected chi connectivity index (χ1v) is 7.89. The largest absolute Gasteiger partial charge is 0.252 e. The summed E-state index contributed by atoms with van der Waals surface area (Å²) in [4.78, 5) is 4.90. The van der Waals surface area contributed by atoms with Crippen LogP contribution in [0.4, 0.5) is 0 Å². The summed E-state index contributed by atoms with van der Waals surface area (Å²) in [5, 5.41) is 3.28. The first-order valence-electron chi connectivity index (χ1n) is 7.51. The molecule has 0 spiro atoms. The summed E-state index contributed by atoms with van der Waals surface area (Å²) in [6.45, 7) is 2.25. The van der Waals surface area contributed by atoms with E-state index in [9.17, 15) is 0 Å². The third-order valence-corrected chi connectivity index (χ3v) is 4.99. The standard InChI is InChI=1S/C18H18ClN/c1-2-11-3-4-13-9-16-14-6-12(5-11)7-17(13)20-18(16)10-15(19)8-14/h4-5,8-10,12,14H,2-3,6-7H2,1H3. The Morgan fingerprint density at radius 3 is 3.10 bits per heavy atom. The lowest BCUT2D eigenvalue weighted by Crippen LogP contribution is -2.33. The third-order valence-electron chi connectivity index (χ3n) is 4.75. The van der Waals surface area contributed by atoms with Gasteiger partial charge in [-0.1, -0.05) is 42.3 Å². The van der Waals surface area contributed by atoms with E-state index >= 15 is 0 Å². The Morgan fingerprint density at radius 1 is 1.35 bits per heavy atom. The van der Waals surface area contributed by atoms with Crippen LogP contribution >= 0.6 is 11.6 Å². The molecule has 1 aromatic rings. The van der Waals surface area contributed by atoms with Gasteiger partial charge in [0.05, 0.1) is 5.35 Å². The monoisotopic (exact) mass is 283 g/mol. The van der Waals surface area contributed by atoms with E-state index in [1.54, 1.807) is 5.57 Å². The summed E-state index contributed by atoms with van der Waals surface area (Å²) in [7, 11) is 0. The number of allylic oxidation sites excluding steroid dienone is 4. The highest BCUT2D eigenvalue weighted by Crippen LogP contribution is 2.33. The number of pyridine rings is 1. The van der Waals surface area contributed by atoms with Gasteiger partial charge in [-0.15, -0.1) is 0 Å². The Labute approximate surface area is 124 Å². The van der Waals surface area contributed by atoms with E-state index in [4.69, 9.17) is 16.6 Å². The maximum atomic E-state index is 6.27. The van der Waals surface area contributed by atoms with Crippen molar-refractivity contribution in [1.82, 2.24) is 4.98 Å². The van der Waals surface area contributed by atoms with Gasteiger partial charge in [0, 0.05) is 16.6 Å². The van der Waals surface area contributed by atoms with Crippen molar-refractivity contribution >= 4 is 23.8 Å². The van der Waals surface area contributed by atoms with Crippen molar-refractivity contribution in [3.8, 4) is 0 Å². The Bertz CT molecular complexity index is 754. The van der Waals surface area contributed by atoms with Gasteiger partial charge >= 0.3 is 0 Å². The normalized spacial score (nSPS) is 26.5. The Balaban J connectivity index is 2.01. The molecule has 1 nitrogen and oxygen atoms in total. The highest BCUT2D eigenvalue weighted by Gasteiger charge is 2.25. The number of halogens is 1. The maximum Gasteiger partial charge on any atom is 0.0686 e. The molecule has 102 valence electrons. The van der Waals surface area contributed by atoms with Crippen molar-refractivity contribution in [2.45, 2.75) is 38.5 Å². The molecule has 4 aliphatic rings. The van der Waals surface area contributed by atoms with Crippen LogP contribution in [0.1, 0.15) is 43.4 Å². The van der Waals surface area contributed by atoms with Crippen molar-refractivity contribution in [3.05, 3.63) is 50.6 Å². The van der Waals surface area contributed by atoms with E-state index in [0.29, 0.717) is 11.8 Å². The second-order valence-corrected chi connectivity index (χ2v) is 6.52. The van der Waals surface area contributed by atoms with E-state index in [1.807, 2.05) is 6.08 Å². The number of aromatic nitrogens is 1.